The molecule has 1 N–H and O–H groups in total. The third-order valence-corrected chi connectivity index (χ3v) is 5.53. The molecule has 0 radical (unpaired) electrons. The van der Waals surface area contributed by atoms with E-state index >= 15 is 0 Å². The number of hydrogen-bond acceptors (Lipinski definition) is 6. The summed E-state index contributed by atoms with van der Waals surface area (Å²) in [5.74, 6) is -0.154. The predicted molar refractivity (Wildman–Crippen MR) is 93.1 cm³/mol. The van der Waals surface area contributed by atoms with E-state index in [0.29, 0.717) is 29.8 Å². The van der Waals surface area contributed by atoms with Gasteiger partial charge in [0, 0.05) is 31.3 Å². The van der Waals surface area contributed by atoms with E-state index < -0.39 is 4.92 Å². The van der Waals surface area contributed by atoms with E-state index in [-0.39, 0.29) is 11.6 Å². The third-order valence-electron chi connectivity index (χ3n) is 5.53. The number of nitro groups is 1. The molecule has 2 aliphatic heterocycles. The van der Waals surface area contributed by atoms with Gasteiger partial charge in [0.2, 0.25) is 0 Å². The van der Waals surface area contributed by atoms with Gasteiger partial charge in [0.25, 0.3) is 11.6 Å². The van der Waals surface area contributed by atoms with E-state index in [2.05, 4.69) is 15.4 Å². The number of rotatable bonds is 3. The molecule has 0 saturated carbocycles. The Morgan fingerprint density at radius 3 is 2.69 bits per heavy atom. The number of nitrogens with one attached hydrogen (secondary N) is 1. The van der Waals surface area contributed by atoms with Crippen molar-refractivity contribution in [3.8, 4) is 5.69 Å². The minimum absolute atomic E-state index is 0.154. The van der Waals surface area contributed by atoms with Crippen molar-refractivity contribution in [2.75, 3.05) is 26.2 Å². The molecule has 0 aliphatic carbocycles. The van der Waals surface area contributed by atoms with Crippen molar-refractivity contribution in [3.63, 3.8) is 0 Å². The summed E-state index contributed by atoms with van der Waals surface area (Å²) in [5, 5.41) is 18.8. The first kappa shape index (κ1) is 16.6. The van der Waals surface area contributed by atoms with Crippen LogP contribution in [0, 0.1) is 15.5 Å². The van der Waals surface area contributed by atoms with E-state index in [1.54, 1.807) is 17.0 Å². The summed E-state index contributed by atoms with van der Waals surface area (Å²) in [4.78, 5) is 29.4. The van der Waals surface area contributed by atoms with E-state index in [1.807, 2.05) is 0 Å². The van der Waals surface area contributed by atoms with Crippen LogP contribution in [0.25, 0.3) is 5.69 Å². The Kier molecular flexibility index (Phi) is 4.15. The first-order valence-corrected chi connectivity index (χ1v) is 8.71. The van der Waals surface area contributed by atoms with Crippen LogP contribution in [-0.2, 0) is 0 Å². The Morgan fingerprint density at radius 2 is 2.08 bits per heavy atom. The second-order valence-corrected chi connectivity index (χ2v) is 7.02. The Hall–Kier alpha value is -2.81. The van der Waals surface area contributed by atoms with Crippen LogP contribution in [0.5, 0.6) is 0 Å². The van der Waals surface area contributed by atoms with Crippen LogP contribution in [0.4, 0.5) is 5.69 Å². The van der Waals surface area contributed by atoms with Crippen LogP contribution in [0.2, 0.25) is 0 Å². The van der Waals surface area contributed by atoms with E-state index in [1.165, 1.54) is 23.4 Å². The Balaban J connectivity index is 1.55. The first-order valence-electron chi connectivity index (χ1n) is 8.71. The molecule has 0 bridgehead atoms. The summed E-state index contributed by atoms with van der Waals surface area (Å²) in [6, 6.07) is 4.50. The molecule has 4 rings (SSSR count). The van der Waals surface area contributed by atoms with Gasteiger partial charge >= 0.3 is 0 Å². The molecule has 1 aromatic heterocycles. The van der Waals surface area contributed by atoms with Crippen LogP contribution < -0.4 is 5.32 Å². The van der Waals surface area contributed by atoms with E-state index in [9.17, 15) is 14.9 Å². The lowest BCUT2D eigenvalue weighted by atomic mass is 9.78. The standard InChI is InChI=1S/C17H20N6O3/c24-16(21-7-4-17(5-8-21)3-6-18-10-17)13-1-2-14(15(9-13)23(25)26)22-12-19-11-20-22/h1-2,9,11-12,18H,3-8,10H2. The molecule has 1 amide bonds. The molecule has 2 saturated heterocycles. The van der Waals surface area contributed by atoms with Gasteiger partial charge in [0.1, 0.15) is 18.3 Å². The van der Waals surface area contributed by atoms with E-state index in [0.717, 1.165) is 32.4 Å². The lowest BCUT2D eigenvalue weighted by Crippen LogP contribution is -2.44. The highest BCUT2D eigenvalue weighted by atomic mass is 16.6. The highest BCUT2D eigenvalue weighted by Gasteiger charge is 2.38. The van der Waals surface area contributed by atoms with Gasteiger partial charge in [-0.15, -0.1) is 0 Å². The molecule has 0 unspecified atom stereocenters. The number of likely N-dealkylation sites (tertiary alicyclic amines) is 1. The number of nitrogens with zero attached hydrogens (tertiary/aromatic N) is 5. The maximum Gasteiger partial charge on any atom is 0.295 e. The van der Waals surface area contributed by atoms with Crippen molar-refractivity contribution >= 4 is 11.6 Å². The second kappa shape index (κ2) is 6.49. The van der Waals surface area contributed by atoms with Gasteiger partial charge in [-0.05, 0) is 43.4 Å². The molecule has 2 aromatic rings. The van der Waals surface area contributed by atoms with Gasteiger partial charge < -0.3 is 10.2 Å². The van der Waals surface area contributed by atoms with Crippen molar-refractivity contribution in [2.24, 2.45) is 5.41 Å². The maximum absolute atomic E-state index is 12.8. The van der Waals surface area contributed by atoms with Crippen LogP contribution in [0.3, 0.4) is 0 Å². The zero-order valence-electron chi connectivity index (χ0n) is 14.3. The molecule has 2 fully saturated rings. The van der Waals surface area contributed by atoms with Crippen molar-refractivity contribution < 1.29 is 9.72 Å². The van der Waals surface area contributed by atoms with Crippen LogP contribution >= 0.6 is 0 Å². The number of amides is 1. The van der Waals surface area contributed by atoms with Crippen molar-refractivity contribution in [1.29, 1.82) is 0 Å². The average Bonchev–Trinajstić information content (AvgIpc) is 3.34. The number of carbonyl (C=O) groups is 1. The molecule has 1 aromatic carbocycles. The lowest BCUT2D eigenvalue weighted by molar-refractivity contribution is -0.384. The minimum Gasteiger partial charge on any atom is -0.339 e. The molecule has 9 heteroatoms. The quantitative estimate of drug-likeness (QED) is 0.658. The highest BCUT2D eigenvalue weighted by Crippen LogP contribution is 2.37. The van der Waals surface area contributed by atoms with Crippen molar-refractivity contribution in [2.45, 2.75) is 19.3 Å². The summed E-state index contributed by atoms with van der Waals surface area (Å²) in [7, 11) is 0. The molecule has 26 heavy (non-hydrogen) atoms. The Morgan fingerprint density at radius 1 is 1.27 bits per heavy atom. The summed E-state index contributed by atoms with van der Waals surface area (Å²) in [6.45, 7) is 3.45. The largest absolute Gasteiger partial charge is 0.339 e. The lowest BCUT2D eigenvalue weighted by Gasteiger charge is -2.38. The summed E-state index contributed by atoms with van der Waals surface area (Å²) < 4.78 is 1.32. The van der Waals surface area contributed by atoms with Gasteiger partial charge in [0.05, 0.1) is 4.92 Å². The topological polar surface area (TPSA) is 106 Å². The number of piperidine rings is 1. The van der Waals surface area contributed by atoms with Gasteiger partial charge in [-0.1, -0.05) is 0 Å². The molecule has 9 nitrogen and oxygen atoms in total. The third kappa shape index (κ3) is 2.94. The summed E-state index contributed by atoms with van der Waals surface area (Å²) in [6.07, 6.45) is 5.82. The number of carbonyl (C=O) groups excluding carboxylic acids is 1. The predicted octanol–water partition coefficient (Wildman–Crippen LogP) is 1.39. The SMILES string of the molecule is O=C(c1ccc(-n2cncn2)c([N+](=O)[O-])c1)N1CCC2(CCNC2)CC1. The molecule has 1 spiro atoms. The maximum atomic E-state index is 12.8. The monoisotopic (exact) mass is 356 g/mol. The van der Waals surface area contributed by atoms with Gasteiger partial charge in [-0.2, -0.15) is 5.10 Å². The zero-order valence-corrected chi connectivity index (χ0v) is 14.3. The van der Waals surface area contributed by atoms with E-state index in [4.69, 9.17) is 0 Å². The van der Waals surface area contributed by atoms with Crippen LogP contribution in [0.15, 0.2) is 30.9 Å². The Bertz CT molecular complexity index is 819. The molecule has 2 aliphatic rings. The summed E-state index contributed by atoms with van der Waals surface area (Å²) in [5.41, 5.74) is 0.786. The van der Waals surface area contributed by atoms with Gasteiger partial charge in [-0.25, -0.2) is 9.67 Å². The fourth-order valence-electron chi connectivity index (χ4n) is 3.92. The second-order valence-electron chi connectivity index (χ2n) is 7.02. The molecule has 3 heterocycles. The Labute approximate surface area is 150 Å². The molecule has 136 valence electrons. The van der Waals surface area contributed by atoms with Gasteiger partial charge in [-0.3, -0.25) is 14.9 Å². The first-order chi connectivity index (χ1) is 12.6. The fourth-order valence-corrected chi connectivity index (χ4v) is 3.92. The molecule has 0 atom stereocenters. The smallest absolute Gasteiger partial charge is 0.295 e. The average molecular weight is 356 g/mol. The van der Waals surface area contributed by atoms with Crippen molar-refractivity contribution in [3.05, 3.63) is 46.5 Å². The molecular weight excluding hydrogens is 336 g/mol. The minimum atomic E-state index is -0.497. The number of benzene rings is 1. The summed E-state index contributed by atoms with van der Waals surface area (Å²) >= 11 is 0. The van der Waals surface area contributed by atoms with Crippen LogP contribution in [-0.4, -0.2) is 56.7 Å². The number of hydrogen-bond donors (Lipinski definition) is 1. The van der Waals surface area contributed by atoms with Crippen molar-refractivity contribution in [1.82, 2.24) is 25.0 Å². The number of nitro benzene ring substituents is 1. The van der Waals surface area contributed by atoms with Gasteiger partial charge in [0.15, 0.2) is 0 Å². The molecular formula is C17H20N6O3. The van der Waals surface area contributed by atoms with Crippen LogP contribution in [0.1, 0.15) is 29.6 Å². The number of aromatic nitrogens is 3. The highest BCUT2D eigenvalue weighted by molar-refractivity contribution is 5.95. The zero-order chi connectivity index (χ0) is 18.1. The fraction of sp³-hybridized carbons (Fsp3) is 0.471. The normalized spacial score (nSPS) is 19.0.